The summed E-state index contributed by atoms with van der Waals surface area (Å²) < 4.78 is 42.6. The second-order valence-electron chi connectivity index (χ2n) is 6.32. The highest BCUT2D eigenvalue weighted by Crippen LogP contribution is 2.29. The van der Waals surface area contributed by atoms with Crippen molar-refractivity contribution in [2.75, 3.05) is 13.2 Å². The highest BCUT2D eigenvalue weighted by Gasteiger charge is 2.31. The number of ether oxygens (including phenoxy) is 1. The number of carbonyl (C=O) groups excluding carboxylic acids is 3. The van der Waals surface area contributed by atoms with Gasteiger partial charge in [-0.25, -0.2) is 9.59 Å². The molecule has 0 unspecified atom stereocenters. The number of hydrogen-bond acceptors (Lipinski definition) is 4. The van der Waals surface area contributed by atoms with Crippen LogP contribution in [0, 0.1) is 0 Å². The van der Waals surface area contributed by atoms with Gasteiger partial charge in [-0.15, -0.1) is 0 Å². The minimum atomic E-state index is -4.60. The highest BCUT2D eigenvalue weighted by molar-refractivity contribution is 5.97. The molecule has 0 radical (unpaired) electrons. The lowest BCUT2D eigenvalue weighted by Gasteiger charge is -2.13. The summed E-state index contributed by atoms with van der Waals surface area (Å²) in [5.41, 5.74) is -0.0698. The van der Waals surface area contributed by atoms with Crippen molar-refractivity contribution in [1.29, 1.82) is 0 Å². The van der Waals surface area contributed by atoms with Gasteiger partial charge in [0, 0.05) is 6.54 Å². The van der Waals surface area contributed by atoms with Crippen LogP contribution in [0.3, 0.4) is 0 Å². The first kappa shape index (κ1) is 21.5. The van der Waals surface area contributed by atoms with Crippen LogP contribution in [0.2, 0.25) is 0 Å². The van der Waals surface area contributed by atoms with Crippen molar-refractivity contribution in [2.45, 2.75) is 38.3 Å². The predicted octanol–water partition coefficient (Wildman–Crippen LogP) is 3.58. The Balaban J connectivity index is 1.72. The van der Waals surface area contributed by atoms with Crippen LogP contribution in [0.25, 0.3) is 0 Å². The first-order valence-corrected chi connectivity index (χ1v) is 8.85. The van der Waals surface area contributed by atoms with Crippen LogP contribution in [-0.4, -0.2) is 31.1 Å². The number of urea groups is 1. The van der Waals surface area contributed by atoms with Gasteiger partial charge in [0.2, 0.25) is 0 Å². The Kier molecular flexibility index (Phi) is 7.60. The summed E-state index contributed by atoms with van der Waals surface area (Å²) in [5, 5.41) is 4.52. The van der Waals surface area contributed by atoms with E-state index < -0.39 is 36.3 Å². The Morgan fingerprint density at radius 2 is 1.93 bits per heavy atom. The van der Waals surface area contributed by atoms with E-state index in [1.165, 1.54) is 12.0 Å². The molecule has 0 saturated heterocycles. The van der Waals surface area contributed by atoms with Crippen LogP contribution in [-0.2, 0) is 15.7 Å². The van der Waals surface area contributed by atoms with Gasteiger partial charge in [0.15, 0.2) is 6.61 Å². The maximum Gasteiger partial charge on any atom is 0.416 e. The molecule has 0 fully saturated rings. The van der Waals surface area contributed by atoms with Crippen molar-refractivity contribution in [3.63, 3.8) is 0 Å². The first-order valence-electron chi connectivity index (χ1n) is 8.85. The predicted molar refractivity (Wildman–Crippen MR) is 94.4 cm³/mol. The summed E-state index contributed by atoms with van der Waals surface area (Å²) in [4.78, 5) is 35.1. The van der Waals surface area contributed by atoms with E-state index in [0.29, 0.717) is 19.0 Å². The molecule has 0 saturated carbocycles. The summed E-state index contributed by atoms with van der Waals surface area (Å²) >= 11 is 0. The Bertz CT molecular complexity index is 760. The van der Waals surface area contributed by atoms with E-state index in [1.54, 1.807) is 0 Å². The molecule has 1 aliphatic carbocycles. The Morgan fingerprint density at radius 1 is 1.14 bits per heavy atom. The lowest BCUT2D eigenvalue weighted by atomic mass is 9.97. The number of amides is 3. The van der Waals surface area contributed by atoms with E-state index in [-0.39, 0.29) is 5.56 Å². The standard InChI is InChI=1S/C19H21F3N2O4/c20-19(21,22)15-8-4-7-14(11-15)17(26)28-12-16(25)24-18(27)23-10-9-13-5-2-1-3-6-13/h4-5,7-8,11H,1-3,6,9-10,12H2,(H2,23,24,25,27). The molecule has 9 heteroatoms. The second kappa shape index (κ2) is 9.91. The molecule has 0 aliphatic heterocycles. The highest BCUT2D eigenvalue weighted by atomic mass is 19.4. The molecule has 0 aromatic heterocycles. The van der Waals surface area contributed by atoms with E-state index >= 15 is 0 Å². The zero-order valence-electron chi connectivity index (χ0n) is 15.1. The molecule has 0 spiro atoms. The summed E-state index contributed by atoms with van der Waals surface area (Å²) in [6.07, 6.45) is 2.61. The average molecular weight is 398 g/mol. The van der Waals surface area contributed by atoms with Crippen molar-refractivity contribution in [2.24, 2.45) is 0 Å². The van der Waals surface area contributed by atoms with Gasteiger partial charge in [-0.05, 0) is 50.3 Å². The van der Waals surface area contributed by atoms with Crippen LogP contribution in [0.15, 0.2) is 35.9 Å². The molecule has 28 heavy (non-hydrogen) atoms. The summed E-state index contributed by atoms with van der Waals surface area (Å²) in [6, 6.07) is 2.93. The molecule has 2 rings (SSSR count). The minimum absolute atomic E-state index is 0.340. The van der Waals surface area contributed by atoms with Crippen LogP contribution in [0.5, 0.6) is 0 Å². The Labute approximate surface area is 160 Å². The largest absolute Gasteiger partial charge is 0.452 e. The maximum atomic E-state index is 12.6. The number of esters is 1. The third kappa shape index (κ3) is 7.05. The average Bonchev–Trinajstić information content (AvgIpc) is 2.66. The van der Waals surface area contributed by atoms with Crippen molar-refractivity contribution in [3.05, 3.63) is 47.0 Å². The zero-order valence-corrected chi connectivity index (χ0v) is 15.1. The van der Waals surface area contributed by atoms with Gasteiger partial charge in [-0.2, -0.15) is 13.2 Å². The molecular formula is C19H21F3N2O4. The number of halogens is 3. The maximum absolute atomic E-state index is 12.6. The fraction of sp³-hybridized carbons (Fsp3) is 0.421. The summed E-state index contributed by atoms with van der Waals surface area (Å²) in [7, 11) is 0. The van der Waals surface area contributed by atoms with Gasteiger partial charge in [0.25, 0.3) is 5.91 Å². The van der Waals surface area contributed by atoms with Gasteiger partial charge in [-0.3, -0.25) is 10.1 Å². The van der Waals surface area contributed by atoms with Gasteiger partial charge < -0.3 is 10.1 Å². The van der Waals surface area contributed by atoms with Crippen molar-refractivity contribution >= 4 is 17.9 Å². The van der Waals surface area contributed by atoms with Gasteiger partial charge >= 0.3 is 18.2 Å². The van der Waals surface area contributed by atoms with E-state index in [1.807, 2.05) is 5.32 Å². The molecule has 0 bridgehead atoms. The molecule has 3 amide bonds. The molecule has 1 aromatic carbocycles. The Morgan fingerprint density at radius 3 is 2.61 bits per heavy atom. The number of rotatable bonds is 6. The molecule has 1 aromatic rings. The Hall–Kier alpha value is -2.84. The molecule has 1 aliphatic rings. The number of allylic oxidation sites excluding steroid dienone is 1. The van der Waals surface area contributed by atoms with Gasteiger partial charge in [0.1, 0.15) is 0 Å². The molecule has 2 N–H and O–H groups in total. The fourth-order valence-corrected chi connectivity index (χ4v) is 2.71. The van der Waals surface area contributed by atoms with E-state index in [2.05, 4.69) is 16.1 Å². The number of nitrogens with one attached hydrogen (secondary N) is 2. The van der Waals surface area contributed by atoms with Crippen LogP contribution in [0.1, 0.15) is 48.0 Å². The fourth-order valence-electron chi connectivity index (χ4n) is 2.71. The normalized spacial score (nSPS) is 14.0. The van der Waals surface area contributed by atoms with Crippen molar-refractivity contribution in [1.82, 2.24) is 10.6 Å². The third-order valence-corrected chi connectivity index (χ3v) is 4.13. The lowest BCUT2D eigenvalue weighted by molar-refractivity contribution is -0.137. The lowest BCUT2D eigenvalue weighted by Crippen LogP contribution is -2.41. The third-order valence-electron chi connectivity index (χ3n) is 4.13. The van der Waals surface area contributed by atoms with Gasteiger partial charge in [0.05, 0.1) is 11.1 Å². The van der Waals surface area contributed by atoms with E-state index in [9.17, 15) is 27.6 Å². The molecule has 0 atom stereocenters. The molecular weight excluding hydrogens is 377 g/mol. The number of benzene rings is 1. The number of hydrogen-bond donors (Lipinski definition) is 2. The smallest absolute Gasteiger partial charge is 0.416 e. The zero-order chi connectivity index (χ0) is 20.6. The van der Waals surface area contributed by atoms with E-state index in [4.69, 9.17) is 0 Å². The van der Waals surface area contributed by atoms with E-state index in [0.717, 1.165) is 37.5 Å². The van der Waals surface area contributed by atoms with Gasteiger partial charge in [-0.1, -0.05) is 17.7 Å². The van der Waals surface area contributed by atoms with Crippen molar-refractivity contribution in [3.8, 4) is 0 Å². The number of alkyl halides is 3. The van der Waals surface area contributed by atoms with Crippen LogP contribution >= 0.6 is 0 Å². The SMILES string of the molecule is O=C(COC(=O)c1cccc(C(F)(F)F)c1)NC(=O)NCCC1=CCCCC1. The number of carbonyl (C=O) groups is 3. The molecule has 6 nitrogen and oxygen atoms in total. The quantitative estimate of drug-likeness (QED) is 0.567. The molecule has 152 valence electrons. The van der Waals surface area contributed by atoms with Crippen molar-refractivity contribution < 1.29 is 32.3 Å². The second-order valence-corrected chi connectivity index (χ2v) is 6.32. The minimum Gasteiger partial charge on any atom is -0.452 e. The molecule has 0 heterocycles. The van der Waals surface area contributed by atoms with Crippen LogP contribution in [0.4, 0.5) is 18.0 Å². The first-order chi connectivity index (χ1) is 13.3. The topological polar surface area (TPSA) is 84.5 Å². The van der Waals surface area contributed by atoms with Crippen LogP contribution < -0.4 is 10.6 Å². The summed E-state index contributed by atoms with van der Waals surface area (Å²) in [5.74, 6) is -1.97. The monoisotopic (exact) mass is 398 g/mol. The number of imide groups is 1. The summed E-state index contributed by atoms with van der Waals surface area (Å²) in [6.45, 7) is -0.414.